The van der Waals surface area contributed by atoms with Crippen molar-refractivity contribution in [3.63, 3.8) is 0 Å². The highest BCUT2D eigenvalue weighted by Gasteiger charge is 2.39. The Kier molecular flexibility index (Phi) is 2.42. The fraction of sp³-hybridized carbons (Fsp3) is 0.600. The van der Waals surface area contributed by atoms with Crippen LogP contribution in [0.25, 0.3) is 0 Å². The van der Waals surface area contributed by atoms with E-state index in [0.717, 1.165) is 17.8 Å². The predicted molar refractivity (Wildman–Crippen MR) is 69.0 cm³/mol. The maximum Gasteiger partial charge on any atom is 0.0361 e. The van der Waals surface area contributed by atoms with E-state index in [-0.39, 0.29) is 0 Å². The second-order valence-electron chi connectivity index (χ2n) is 5.77. The summed E-state index contributed by atoms with van der Waals surface area (Å²) in [4.78, 5) is 2.17. The molecule has 1 aromatic rings. The van der Waals surface area contributed by atoms with Crippen molar-refractivity contribution in [2.75, 3.05) is 19.0 Å². The van der Waals surface area contributed by atoms with E-state index in [0.29, 0.717) is 0 Å². The van der Waals surface area contributed by atoms with Gasteiger partial charge in [0.15, 0.2) is 0 Å². The first-order valence-electron chi connectivity index (χ1n) is 6.51. The Labute approximate surface area is 98.5 Å². The van der Waals surface area contributed by atoms with Crippen LogP contribution in [0.3, 0.4) is 0 Å². The molecule has 2 aliphatic rings. The highest BCUT2D eigenvalue weighted by atomic mass is 15.1. The van der Waals surface area contributed by atoms with Crippen molar-refractivity contribution in [2.24, 2.45) is 11.8 Å². The molecule has 0 N–H and O–H groups in total. The Bertz CT molecular complexity index is 366. The standard InChI is InChI=1S/C15H21N/c1-16(2)14-7-5-12(6-8-14)15-10-11-3-4-13(15)9-11/h5-8,11,13,15H,3-4,9-10H2,1-2H3/t11?,13?,15-/m1/s1. The van der Waals surface area contributed by atoms with E-state index in [9.17, 15) is 0 Å². The van der Waals surface area contributed by atoms with Crippen molar-refractivity contribution in [1.82, 2.24) is 0 Å². The molecular formula is C15H21N. The van der Waals surface area contributed by atoms with E-state index < -0.39 is 0 Å². The van der Waals surface area contributed by atoms with Gasteiger partial charge in [-0.1, -0.05) is 18.6 Å². The van der Waals surface area contributed by atoms with E-state index >= 15 is 0 Å². The van der Waals surface area contributed by atoms with Gasteiger partial charge < -0.3 is 4.90 Å². The molecule has 2 unspecified atom stereocenters. The second kappa shape index (κ2) is 3.80. The molecule has 86 valence electrons. The Morgan fingerprint density at radius 1 is 1.00 bits per heavy atom. The summed E-state index contributed by atoms with van der Waals surface area (Å²) in [7, 11) is 4.21. The molecule has 16 heavy (non-hydrogen) atoms. The maximum absolute atomic E-state index is 2.35. The molecular weight excluding hydrogens is 194 g/mol. The molecule has 0 heterocycles. The number of hydrogen-bond donors (Lipinski definition) is 0. The van der Waals surface area contributed by atoms with Crippen molar-refractivity contribution in [3.05, 3.63) is 29.8 Å². The van der Waals surface area contributed by atoms with Crippen LogP contribution < -0.4 is 4.90 Å². The molecule has 0 saturated heterocycles. The van der Waals surface area contributed by atoms with Gasteiger partial charge in [0.2, 0.25) is 0 Å². The lowest BCUT2D eigenvalue weighted by molar-refractivity contribution is 0.420. The van der Waals surface area contributed by atoms with E-state index in [2.05, 4.69) is 43.3 Å². The Hall–Kier alpha value is -0.980. The lowest BCUT2D eigenvalue weighted by Crippen LogP contribution is -2.10. The zero-order valence-corrected chi connectivity index (χ0v) is 10.3. The summed E-state index contributed by atoms with van der Waals surface area (Å²) >= 11 is 0. The fourth-order valence-electron chi connectivity index (χ4n) is 3.67. The predicted octanol–water partition coefficient (Wildman–Crippen LogP) is 3.66. The molecule has 2 bridgehead atoms. The van der Waals surface area contributed by atoms with Gasteiger partial charge in [-0.05, 0) is 54.7 Å². The van der Waals surface area contributed by atoms with Gasteiger partial charge in [-0.2, -0.15) is 0 Å². The quantitative estimate of drug-likeness (QED) is 0.727. The van der Waals surface area contributed by atoms with E-state index in [4.69, 9.17) is 0 Å². The first-order chi connectivity index (χ1) is 7.74. The molecule has 0 aliphatic heterocycles. The average Bonchev–Trinajstić information content (AvgIpc) is 2.91. The number of fused-ring (bicyclic) bond motifs is 2. The summed E-state index contributed by atoms with van der Waals surface area (Å²) in [6.07, 6.45) is 5.92. The third kappa shape index (κ3) is 1.63. The Morgan fingerprint density at radius 3 is 2.25 bits per heavy atom. The fourth-order valence-corrected chi connectivity index (χ4v) is 3.67. The third-order valence-electron chi connectivity index (χ3n) is 4.58. The topological polar surface area (TPSA) is 3.24 Å². The molecule has 1 nitrogen and oxygen atoms in total. The number of benzene rings is 1. The minimum Gasteiger partial charge on any atom is -0.378 e. The number of anilines is 1. The van der Waals surface area contributed by atoms with Crippen LogP contribution in [0.1, 0.15) is 37.2 Å². The van der Waals surface area contributed by atoms with E-state index in [1.165, 1.54) is 31.4 Å². The largest absolute Gasteiger partial charge is 0.378 e. The minimum absolute atomic E-state index is 0.870. The van der Waals surface area contributed by atoms with Gasteiger partial charge in [-0.25, -0.2) is 0 Å². The van der Waals surface area contributed by atoms with E-state index in [1.807, 2.05) is 0 Å². The van der Waals surface area contributed by atoms with Crippen LogP contribution in [0.4, 0.5) is 5.69 Å². The number of nitrogens with zero attached hydrogens (tertiary/aromatic N) is 1. The van der Waals surface area contributed by atoms with Gasteiger partial charge in [-0.15, -0.1) is 0 Å². The smallest absolute Gasteiger partial charge is 0.0361 e. The van der Waals surface area contributed by atoms with Crippen LogP contribution in [0.15, 0.2) is 24.3 Å². The molecule has 1 heteroatoms. The normalized spacial score (nSPS) is 32.0. The zero-order valence-electron chi connectivity index (χ0n) is 10.3. The molecule has 3 atom stereocenters. The summed E-state index contributed by atoms with van der Waals surface area (Å²) < 4.78 is 0. The van der Waals surface area contributed by atoms with Crippen LogP contribution in [0.2, 0.25) is 0 Å². The van der Waals surface area contributed by atoms with Gasteiger partial charge in [0.25, 0.3) is 0 Å². The summed E-state index contributed by atoms with van der Waals surface area (Å²) in [5, 5.41) is 0. The molecule has 3 rings (SSSR count). The van der Waals surface area contributed by atoms with Crippen molar-refractivity contribution in [2.45, 2.75) is 31.6 Å². The van der Waals surface area contributed by atoms with Crippen molar-refractivity contribution >= 4 is 5.69 Å². The monoisotopic (exact) mass is 215 g/mol. The zero-order chi connectivity index (χ0) is 11.1. The van der Waals surface area contributed by atoms with Crippen molar-refractivity contribution in [3.8, 4) is 0 Å². The van der Waals surface area contributed by atoms with Gasteiger partial charge >= 0.3 is 0 Å². The minimum atomic E-state index is 0.870. The van der Waals surface area contributed by atoms with Crippen LogP contribution in [0, 0.1) is 11.8 Å². The SMILES string of the molecule is CN(C)c1ccc([C@H]2CC3CCC2C3)cc1. The molecule has 0 amide bonds. The molecule has 1 aromatic carbocycles. The third-order valence-corrected chi connectivity index (χ3v) is 4.58. The molecule has 2 fully saturated rings. The molecule has 0 radical (unpaired) electrons. The Morgan fingerprint density at radius 2 is 1.75 bits per heavy atom. The van der Waals surface area contributed by atoms with Crippen LogP contribution >= 0.6 is 0 Å². The van der Waals surface area contributed by atoms with Crippen LogP contribution in [0.5, 0.6) is 0 Å². The average molecular weight is 215 g/mol. The van der Waals surface area contributed by atoms with E-state index in [1.54, 1.807) is 5.56 Å². The maximum atomic E-state index is 2.35. The summed E-state index contributed by atoms with van der Waals surface area (Å²) in [6.45, 7) is 0. The van der Waals surface area contributed by atoms with Crippen LogP contribution in [-0.4, -0.2) is 14.1 Å². The summed E-state index contributed by atoms with van der Waals surface area (Å²) in [6, 6.07) is 9.23. The first kappa shape index (κ1) is 10.2. The Balaban J connectivity index is 1.80. The lowest BCUT2D eigenvalue weighted by Gasteiger charge is -2.22. The molecule has 0 aromatic heterocycles. The summed E-state index contributed by atoms with van der Waals surface area (Å²) in [5.41, 5.74) is 2.89. The molecule has 2 saturated carbocycles. The number of hydrogen-bond acceptors (Lipinski definition) is 1. The van der Waals surface area contributed by atoms with Gasteiger partial charge in [0.1, 0.15) is 0 Å². The summed E-state index contributed by atoms with van der Waals surface area (Å²) in [5.74, 6) is 2.91. The number of rotatable bonds is 2. The second-order valence-corrected chi connectivity index (χ2v) is 5.77. The highest BCUT2D eigenvalue weighted by molar-refractivity contribution is 5.46. The van der Waals surface area contributed by atoms with Crippen LogP contribution in [-0.2, 0) is 0 Å². The first-order valence-corrected chi connectivity index (χ1v) is 6.51. The lowest BCUT2D eigenvalue weighted by atomic mass is 9.83. The van der Waals surface area contributed by atoms with Crippen molar-refractivity contribution < 1.29 is 0 Å². The van der Waals surface area contributed by atoms with Crippen molar-refractivity contribution in [1.29, 1.82) is 0 Å². The highest BCUT2D eigenvalue weighted by Crippen LogP contribution is 2.52. The molecule has 0 spiro atoms. The molecule has 2 aliphatic carbocycles. The van der Waals surface area contributed by atoms with Gasteiger partial charge in [-0.3, -0.25) is 0 Å². The van der Waals surface area contributed by atoms with Gasteiger partial charge in [0, 0.05) is 19.8 Å². The van der Waals surface area contributed by atoms with Gasteiger partial charge in [0.05, 0.1) is 0 Å².